The van der Waals surface area contributed by atoms with E-state index >= 15 is 0 Å². The molecule has 6 nitrogen and oxygen atoms in total. The summed E-state index contributed by atoms with van der Waals surface area (Å²) in [5.41, 5.74) is 9.02. The molecule has 0 saturated heterocycles. The molecule has 1 aromatic heterocycles. The normalized spacial score (nSPS) is 10.4. The van der Waals surface area contributed by atoms with E-state index in [2.05, 4.69) is 5.10 Å². The number of benzene rings is 1. The number of anilines is 2. The van der Waals surface area contributed by atoms with Crippen LogP contribution in [-0.2, 0) is 18.3 Å². The van der Waals surface area contributed by atoms with E-state index in [0.717, 1.165) is 11.3 Å². The number of esters is 1. The number of carbonyl (C=O) groups is 1. The number of nitrogens with two attached hydrogens (primary N) is 1. The summed E-state index contributed by atoms with van der Waals surface area (Å²) in [7, 11) is 3.83. The zero-order valence-corrected chi connectivity index (χ0v) is 12.5. The first-order valence-electron chi connectivity index (χ1n) is 6.76. The highest BCUT2D eigenvalue weighted by Crippen LogP contribution is 2.25. The van der Waals surface area contributed by atoms with Crippen LogP contribution in [0.25, 0.3) is 0 Å². The quantitative estimate of drug-likeness (QED) is 0.671. The third-order valence-electron chi connectivity index (χ3n) is 3.13. The molecule has 0 spiro atoms. The zero-order valence-electron chi connectivity index (χ0n) is 12.5. The molecule has 21 heavy (non-hydrogen) atoms. The molecule has 2 aromatic rings. The van der Waals surface area contributed by atoms with Crippen LogP contribution >= 0.6 is 0 Å². The molecule has 1 aromatic carbocycles. The van der Waals surface area contributed by atoms with E-state index in [4.69, 9.17) is 10.5 Å². The Kier molecular flexibility index (Phi) is 4.47. The maximum atomic E-state index is 11.7. The second kappa shape index (κ2) is 6.30. The average Bonchev–Trinajstić information content (AvgIpc) is 2.84. The van der Waals surface area contributed by atoms with Crippen molar-refractivity contribution in [1.29, 1.82) is 0 Å². The van der Waals surface area contributed by atoms with Crippen LogP contribution in [0.4, 0.5) is 11.4 Å². The number of ether oxygens (including phenoxy) is 1. The fourth-order valence-electron chi connectivity index (χ4n) is 2.16. The number of hydrogen-bond acceptors (Lipinski definition) is 5. The fourth-order valence-corrected chi connectivity index (χ4v) is 2.16. The molecule has 6 heteroatoms. The lowest BCUT2D eigenvalue weighted by Crippen LogP contribution is -2.18. The van der Waals surface area contributed by atoms with Crippen LogP contribution in [0.1, 0.15) is 22.8 Å². The summed E-state index contributed by atoms with van der Waals surface area (Å²) in [4.78, 5) is 13.7. The lowest BCUT2D eigenvalue weighted by atomic mass is 10.1. The van der Waals surface area contributed by atoms with Crippen LogP contribution in [0.5, 0.6) is 0 Å². The molecule has 0 unspecified atom stereocenters. The van der Waals surface area contributed by atoms with Crippen molar-refractivity contribution in [3.63, 3.8) is 0 Å². The summed E-state index contributed by atoms with van der Waals surface area (Å²) in [6.45, 7) is 2.81. The van der Waals surface area contributed by atoms with Crippen molar-refractivity contribution in [3.8, 4) is 0 Å². The number of hydrogen-bond donors (Lipinski definition) is 1. The van der Waals surface area contributed by atoms with Crippen LogP contribution in [0, 0.1) is 0 Å². The van der Waals surface area contributed by atoms with Crippen LogP contribution < -0.4 is 10.6 Å². The summed E-state index contributed by atoms with van der Waals surface area (Å²) in [6, 6.07) is 5.20. The largest absolute Gasteiger partial charge is 0.462 e. The van der Waals surface area contributed by atoms with E-state index in [-0.39, 0.29) is 5.97 Å². The SMILES string of the molecule is CCOC(=O)c1ccc(N(C)Cc2cnn(C)c2)c(N)c1. The zero-order chi connectivity index (χ0) is 15.4. The van der Waals surface area contributed by atoms with Crippen molar-refractivity contribution < 1.29 is 9.53 Å². The minimum Gasteiger partial charge on any atom is -0.462 e. The summed E-state index contributed by atoms with van der Waals surface area (Å²) >= 11 is 0. The van der Waals surface area contributed by atoms with Gasteiger partial charge >= 0.3 is 5.97 Å². The summed E-state index contributed by atoms with van der Waals surface area (Å²) in [5.74, 6) is -0.356. The molecule has 0 bridgehead atoms. The van der Waals surface area contributed by atoms with Gasteiger partial charge in [0.15, 0.2) is 0 Å². The van der Waals surface area contributed by atoms with Gasteiger partial charge in [0.05, 0.1) is 29.7 Å². The third kappa shape index (κ3) is 3.53. The Bertz CT molecular complexity index is 636. The molecule has 0 aliphatic rings. The van der Waals surface area contributed by atoms with Crippen LogP contribution in [0.2, 0.25) is 0 Å². The van der Waals surface area contributed by atoms with Gasteiger partial charge in [-0.15, -0.1) is 0 Å². The molecule has 0 amide bonds. The topological polar surface area (TPSA) is 73.4 Å². The van der Waals surface area contributed by atoms with Crippen molar-refractivity contribution in [1.82, 2.24) is 9.78 Å². The molecular formula is C15H20N4O2. The minimum absolute atomic E-state index is 0.349. The minimum atomic E-state index is -0.356. The van der Waals surface area contributed by atoms with Gasteiger partial charge in [-0.25, -0.2) is 4.79 Å². The van der Waals surface area contributed by atoms with Gasteiger partial charge in [0.2, 0.25) is 0 Å². The van der Waals surface area contributed by atoms with Gasteiger partial charge in [0.25, 0.3) is 0 Å². The van der Waals surface area contributed by atoms with Gasteiger partial charge in [-0.1, -0.05) is 0 Å². The Morgan fingerprint density at radius 2 is 2.24 bits per heavy atom. The van der Waals surface area contributed by atoms with Crippen molar-refractivity contribution >= 4 is 17.3 Å². The number of aromatic nitrogens is 2. The Labute approximate surface area is 124 Å². The molecule has 0 aliphatic carbocycles. The lowest BCUT2D eigenvalue weighted by molar-refractivity contribution is 0.0526. The average molecular weight is 288 g/mol. The summed E-state index contributed by atoms with van der Waals surface area (Å²) in [6.07, 6.45) is 3.78. The van der Waals surface area contributed by atoms with Gasteiger partial charge in [0, 0.05) is 32.4 Å². The molecule has 0 radical (unpaired) electrons. The molecule has 1 heterocycles. The van der Waals surface area contributed by atoms with E-state index in [0.29, 0.717) is 24.4 Å². The first kappa shape index (κ1) is 14.9. The van der Waals surface area contributed by atoms with Gasteiger partial charge in [-0.3, -0.25) is 4.68 Å². The number of carbonyl (C=O) groups excluding carboxylic acids is 1. The predicted octanol–water partition coefficient (Wildman–Crippen LogP) is 1.82. The van der Waals surface area contributed by atoms with E-state index in [1.165, 1.54) is 0 Å². The molecule has 112 valence electrons. The van der Waals surface area contributed by atoms with Gasteiger partial charge in [-0.05, 0) is 25.1 Å². The van der Waals surface area contributed by atoms with Crippen LogP contribution in [0.3, 0.4) is 0 Å². The molecular weight excluding hydrogens is 268 g/mol. The highest BCUT2D eigenvalue weighted by Gasteiger charge is 2.12. The molecule has 0 fully saturated rings. The van der Waals surface area contributed by atoms with Crippen LogP contribution in [0.15, 0.2) is 30.6 Å². The summed E-state index contributed by atoms with van der Waals surface area (Å²) in [5, 5.41) is 4.14. The standard InChI is InChI=1S/C15H20N4O2/c1-4-21-15(20)12-5-6-14(13(16)7-12)18(2)9-11-8-17-19(3)10-11/h5-8,10H,4,9,16H2,1-3H3. The van der Waals surface area contributed by atoms with Crippen molar-refractivity contribution in [2.24, 2.45) is 7.05 Å². The second-order valence-corrected chi connectivity index (χ2v) is 4.87. The summed E-state index contributed by atoms with van der Waals surface area (Å²) < 4.78 is 6.72. The first-order chi connectivity index (χ1) is 10.0. The van der Waals surface area contributed by atoms with Crippen LogP contribution in [-0.4, -0.2) is 29.4 Å². The smallest absolute Gasteiger partial charge is 0.338 e. The predicted molar refractivity (Wildman–Crippen MR) is 82.1 cm³/mol. The monoisotopic (exact) mass is 288 g/mol. The van der Waals surface area contributed by atoms with E-state index < -0.39 is 0 Å². The molecule has 0 aliphatic heterocycles. The number of aryl methyl sites for hydroxylation is 1. The lowest BCUT2D eigenvalue weighted by Gasteiger charge is -2.20. The van der Waals surface area contributed by atoms with Gasteiger partial charge in [0.1, 0.15) is 0 Å². The Morgan fingerprint density at radius 1 is 1.48 bits per heavy atom. The fraction of sp³-hybridized carbons (Fsp3) is 0.333. The van der Waals surface area contributed by atoms with E-state index in [1.807, 2.05) is 37.5 Å². The van der Waals surface area contributed by atoms with Crippen molar-refractivity contribution in [3.05, 3.63) is 41.7 Å². The molecule has 2 N–H and O–H groups in total. The Morgan fingerprint density at radius 3 is 2.81 bits per heavy atom. The molecule has 0 atom stereocenters. The van der Waals surface area contributed by atoms with E-state index in [9.17, 15) is 4.79 Å². The van der Waals surface area contributed by atoms with Crippen molar-refractivity contribution in [2.45, 2.75) is 13.5 Å². The molecule has 0 saturated carbocycles. The Balaban J connectivity index is 2.14. The molecule has 2 rings (SSSR count). The third-order valence-corrected chi connectivity index (χ3v) is 3.13. The highest BCUT2D eigenvalue weighted by molar-refractivity contribution is 5.92. The maximum absolute atomic E-state index is 11.7. The number of nitrogens with zero attached hydrogens (tertiary/aromatic N) is 3. The number of nitrogen functional groups attached to an aromatic ring is 1. The Hall–Kier alpha value is -2.50. The first-order valence-corrected chi connectivity index (χ1v) is 6.76. The highest BCUT2D eigenvalue weighted by atomic mass is 16.5. The van der Waals surface area contributed by atoms with Crippen molar-refractivity contribution in [2.75, 3.05) is 24.3 Å². The van der Waals surface area contributed by atoms with Gasteiger partial charge < -0.3 is 15.4 Å². The number of rotatable bonds is 5. The van der Waals surface area contributed by atoms with Gasteiger partial charge in [-0.2, -0.15) is 5.10 Å². The van der Waals surface area contributed by atoms with E-state index in [1.54, 1.807) is 23.7 Å². The maximum Gasteiger partial charge on any atom is 0.338 e. The second-order valence-electron chi connectivity index (χ2n) is 4.87.